The number of carboxylic acids is 1. The third-order valence-corrected chi connectivity index (χ3v) is 4.82. The van der Waals surface area contributed by atoms with Gasteiger partial charge in [0.15, 0.2) is 0 Å². The maximum Gasteiger partial charge on any atom is 0.320 e. The van der Waals surface area contributed by atoms with Crippen LogP contribution in [0.15, 0.2) is 0 Å². The average molecular weight is 283 g/mol. The van der Waals surface area contributed by atoms with Gasteiger partial charge in [0.05, 0.1) is 5.92 Å². The topological polar surface area (TPSA) is 64.1 Å². The van der Waals surface area contributed by atoms with E-state index < -0.39 is 11.9 Å². The van der Waals surface area contributed by atoms with E-state index in [1.54, 1.807) is 4.90 Å². The van der Waals surface area contributed by atoms with Crippen molar-refractivity contribution in [2.24, 2.45) is 11.8 Å². The number of nitrogens with zero attached hydrogens (tertiary/aromatic N) is 3. The first-order valence-electron chi connectivity index (χ1n) is 7.27. The van der Waals surface area contributed by atoms with Crippen LogP contribution in [0.4, 0.5) is 4.79 Å². The van der Waals surface area contributed by atoms with Crippen molar-refractivity contribution in [3.63, 3.8) is 0 Å². The molecule has 114 valence electrons. The molecule has 4 unspecified atom stereocenters. The zero-order valence-corrected chi connectivity index (χ0v) is 12.7. The molecule has 2 saturated heterocycles. The Morgan fingerprint density at radius 2 is 1.85 bits per heavy atom. The Morgan fingerprint density at radius 1 is 1.20 bits per heavy atom. The molecule has 2 rings (SSSR count). The number of rotatable bonds is 2. The molecular formula is C14H25N3O3. The number of likely N-dealkylation sites (tertiary alicyclic amines) is 2. The van der Waals surface area contributed by atoms with Gasteiger partial charge in [0, 0.05) is 31.7 Å². The second-order valence-corrected chi connectivity index (χ2v) is 6.36. The molecule has 20 heavy (non-hydrogen) atoms. The lowest BCUT2D eigenvalue weighted by Gasteiger charge is -2.29. The molecule has 6 heteroatoms. The summed E-state index contributed by atoms with van der Waals surface area (Å²) in [6.07, 6.45) is 0.558. The maximum absolute atomic E-state index is 12.6. The van der Waals surface area contributed by atoms with Crippen LogP contribution in [0.2, 0.25) is 0 Å². The van der Waals surface area contributed by atoms with Crippen molar-refractivity contribution in [1.29, 1.82) is 0 Å². The van der Waals surface area contributed by atoms with E-state index in [1.165, 1.54) is 0 Å². The normalized spacial score (nSPS) is 34.0. The molecule has 0 aliphatic carbocycles. The lowest BCUT2D eigenvalue weighted by molar-refractivity contribution is -0.142. The van der Waals surface area contributed by atoms with E-state index in [-0.39, 0.29) is 12.1 Å². The third-order valence-electron chi connectivity index (χ3n) is 4.82. The second-order valence-electron chi connectivity index (χ2n) is 6.36. The molecule has 0 aromatic rings. The van der Waals surface area contributed by atoms with Gasteiger partial charge in [-0.15, -0.1) is 0 Å². The minimum absolute atomic E-state index is 0.00236. The predicted octanol–water partition coefficient (Wildman–Crippen LogP) is 0.783. The van der Waals surface area contributed by atoms with Gasteiger partial charge in [-0.2, -0.15) is 0 Å². The van der Waals surface area contributed by atoms with Gasteiger partial charge in [-0.3, -0.25) is 4.79 Å². The van der Waals surface area contributed by atoms with Crippen molar-refractivity contribution in [2.45, 2.75) is 32.4 Å². The van der Waals surface area contributed by atoms with Crippen LogP contribution in [0, 0.1) is 11.8 Å². The Kier molecular flexibility index (Phi) is 4.22. The Morgan fingerprint density at radius 3 is 2.30 bits per heavy atom. The molecule has 0 radical (unpaired) electrons. The van der Waals surface area contributed by atoms with Gasteiger partial charge in [-0.05, 0) is 33.4 Å². The lowest BCUT2D eigenvalue weighted by atomic mass is 10.0. The summed E-state index contributed by atoms with van der Waals surface area (Å²) in [4.78, 5) is 29.5. The van der Waals surface area contributed by atoms with Gasteiger partial charge in [0.1, 0.15) is 0 Å². The van der Waals surface area contributed by atoms with E-state index in [9.17, 15) is 9.59 Å². The standard InChI is InChI=1S/C14H25N3O3/c1-9-7-16(8-12(9)15(3)4)14(20)17-6-5-11(10(17)2)13(18)19/h9-12H,5-8H2,1-4H3,(H,18,19). The summed E-state index contributed by atoms with van der Waals surface area (Å²) >= 11 is 0. The number of urea groups is 1. The summed E-state index contributed by atoms with van der Waals surface area (Å²) in [6, 6.07) is 0.165. The molecule has 2 aliphatic rings. The largest absolute Gasteiger partial charge is 0.481 e. The summed E-state index contributed by atoms with van der Waals surface area (Å²) in [5.41, 5.74) is 0. The van der Waals surface area contributed by atoms with E-state index >= 15 is 0 Å². The summed E-state index contributed by atoms with van der Waals surface area (Å²) < 4.78 is 0. The molecule has 6 nitrogen and oxygen atoms in total. The molecule has 2 aliphatic heterocycles. The van der Waals surface area contributed by atoms with E-state index in [0.717, 1.165) is 13.1 Å². The molecule has 0 bridgehead atoms. The van der Waals surface area contributed by atoms with Crippen LogP contribution in [0.3, 0.4) is 0 Å². The number of amides is 2. The first-order valence-corrected chi connectivity index (χ1v) is 7.27. The van der Waals surface area contributed by atoms with Crippen LogP contribution in [0.25, 0.3) is 0 Å². The fourth-order valence-electron chi connectivity index (χ4n) is 3.50. The molecular weight excluding hydrogens is 258 g/mol. The van der Waals surface area contributed by atoms with E-state index in [2.05, 4.69) is 11.8 Å². The van der Waals surface area contributed by atoms with Crippen molar-refractivity contribution < 1.29 is 14.7 Å². The summed E-state index contributed by atoms with van der Waals surface area (Å²) in [5.74, 6) is -0.778. The van der Waals surface area contributed by atoms with Gasteiger partial charge in [0.2, 0.25) is 0 Å². The van der Waals surface area contributed by atoms with Gasteiger partial charge in [-0.1, -0.05) is 6.92 Å². The van der Waals surface area contributed by atoms with Crippen LogP contribution in [-0.4, -0.2) is 77.6 Å². The molecule has 0 aromatic heterocycles. The van der Waals surface area contributed by atoms with Gasteiger partial charge in [0.25, 0.3) is 0 Å². The quantitative estimate of drug-likeness (QED) is 0.813. The van der Waals surface area contributed by atoms with Crippen molar-refractivity contribution in [2.75, 3.05) is 33.7 Å². The predicted molar refractivity (Wildman–Crippen MR) is 75.5 cm³/mol. The third kappa shape index (κ3) is 2.61. The van der Waals surface area contributed by atoms with Crippen molar-refractivity contribution in [3.05, 3.63) is 0 Å². The smallest absolute Gasteiger partial charge is 0.320 e. The van der Waals surface area contributed by atoms with Gasteiger partial charge < -0.3 is 19.8 Å². The zero-order valence-electron chi connectivity index (χ0n) is 12.7. The Balaban J connectivity index is 2.01. The SMILES string of the molecule is CC1CN(C(=O)N2CCC(C(=O)O)C2C)CC1N(C)C. The minimum atomic E-state index is -0.797. The van der Waals surface area contributed by atoms with Crippen molar-refractivity contribution >= 4 is 12.0 Å². The minimum Gasteiger partial charge on any atom is -0.481 e. The fraction of sp³-hybridized carbons (Fsp3) is 0.857. The summed E-state index contributed by atoms with van der Waals surface area (Å²) in [7, 11) is 4.07. The summed E-state index contributed by atoms with van der Waals surface area (Å²) in [5, 5.41) is 9.15. The number of aliphatic carboxylic acids is 1. The molecule has 2 heterocycles. The van der Waals surface area contributed by atoms with Crippen molar-refractivity contribution in [1.82, 2.24) is 14.7 Å². The Hall–Kier alpha value is -1.30. The number of carbonyl (C=O) groups excluding carboxylic acids is 1. The monoisotopic (exact) mass is 283 g/mol. The first-order chi connectivity index (χ1) is 9.32. The van der Waals surface area contributed by atoms with Crippen LogP contribution >= 0.6 is 0 Å². The van der Waals surface area contributed by atoms with Crippen molar-refractivity contribution in [3.8, 4) is 0 Å². The first kappa shape index (κ1) is 15.1. The molecule has 0 saturated carbocycles. The highest BCUT2D eigenvalue weighted by Crippen LogP contribution is 2.28. The number of hydrogen-bond donors (Lipinski definition) is 1. The van der Waals surface area contributed by atoms with E-state index in [4.69, 9.17) is 5.11 Å². The maximum atomic E-state index is 12.6. The fourth-order valence-corrected chi connectivity index (χ4v) is 3.50. The average Bonchev–Trinajstić information content (AvgIpc) is 2.91. The number of hydrogen-bond acceptors (Lipinski definition) is 3. The van der Waals surface area contributed by atoms with E-state index in [1.807, 2.05) is 25.9 Å². The van der Waals surface area contributed by atoms with Crippen LogP contribution in [0.1, 0.15) is 20.3 Å². The number of carboxylic acid groups (broad SMARTS) is 1. The van der Waals surface area contributed by atoms with Crippen LogP contribution < -0.4 is 0 Å². The number of likely N-dealkylation sites (N-methyl/N-ethyl adjacent to an activating group) is 1. The molecule has 1 N–H and O–H groups in total. The zero-order chi connectivity index (χ0) is 15.0. The highest BCUT2D eigenvalue weighted by Gasteiger charge is 2.42. The Labute approximate surface area is 120 Å². The second kappa shape index (κ2) is 5.60. The van der Waals surface area contributed by atoms with Gasteiger partial charge >= 0.3 is 12.0 Å². The van der Waals surface area contributed by atoms with E-state index in [0.29, 0.717) is 24.9 Å². The van der Waals surface area contributed by atoms with Gasteiger partial charge in [-0.25, -0.2) is 4.79 Å². The molecule has 4 atom stereocenters. The molecule has 0 spiro atoms. The van der Waals surface area contributed by atoms with Crippen LogP contribution in [0.5, 0.6) is 0 Å². The highest BCUT2D eigenvalue weighted by molar-refractivity contribution is 5.78. The molecule has 2 fully saturated rings. The number of carbonyl (C=O) groups is 2. The lowest BCUT2D eigenvalue weighted by Crippen LogP contribution is -2.46. The highest BCUT2D eigenvalue weighted by atomic mass is 16.4. The summed E-state index contributed by atoms with van der Waals surface area (Å²) in [6.45, 7) is 6.03. The molecule has 2 amide bonds. The van der Waals surface area contributed by atoms with Crippen LogP contribution in [-0.2, 0) is 4.79 Å². The Bertz CT molecular complexity index is 399. The molecule has 0 aromatic carbocycles.